The Kier molecular flexibility index (Phi) is 7.18. The second kappa shape index (κ2) is 12.1. The van der Waals surface area contributed by atoms with Gasteiger partial charge in [0.1, 0.15) is 22.5 Å². The van der Waals surface area contributed by atoms with E-state index in [0.29, 0.717) is 0 Å². The molecule has 0 amide bonds. The van der Waals surface area contributed by atoms with Gasteiger partial charge in [0.25, 0.3) is 0 Å². The van der Waals surface area contributed by atoms with Crippen LogP contribution in [0.5, 0.6) is 0 Å². The molecule has 0 aliphatic carbocycles. The molecule has 9 aromatic rings. The zero-order chi connectivity index (χ0) is 33.6. The molecule has 3 nitrogen and oxygen atoms in total. The van der Waals surface area contributed by atoms with E-state index in [0.717, 1.165) is 78.0 Å². The fourth-order valence-electron chi connectivity index (χ4n) is 7.18. The number of furan rings is 2. The number of benzene rings is 7. The molecular formula is C47H33NO2. The summed E-state index contributed by atoms with van der Waals surface area (Å²) >= 11 is 0. The summed E-state index contributed by atoms with van der Waals surface area (Å²) < 4.78 is 12.4. The van der Waals surface area contributed by atoms with Crippen molar-refractivity contribution in [2.45, 2.75) is 6.92 Å². The Morgan fingerprint density at radius 1 is 0.520 bits per heavy atom. The SMILES string of the molecule is C=C/C(=C\c1c(C)oc2ccccc12)N(c1ccc(-c2ccc3c(c2)oc2ccccc23)cc1)c1cccc(-c2cccc3ccccc23)c1. The molecule has 238 valence electrons. The molecule has 0 saturated heterocycles. The van der Waals surface area contributed by atoms with Gasteiger partial charge in [-0.1, -0.05) is 116 Å². The van der Waals surface area contributed by atoms with Crippen molar-refractivity contribution < 1.29 is 8.83 Å². The van der Waals surface area contributed by atoms with Crippen LogP contribution >= 0.6 is 0 Å². The maximum Gasteiger partial charge on any atom is 0.136 e. The molecule has 0 aliphatic heterocycles. The number of nitrogens with zero attached hydrogens (tertiary/aromatic N) is 1. The minimum absolute atomic E-state index is 0.867. The molecule has 0 saturated carbocycles. The highest BCUT2D eigenvalue weighted by Crippen LogP contribution is 2.39. The number of para-hydroxylation sites is 2. The lowest BCUT2D eigenvalue weighted by molar-refractivity contribution is 0.577. The van der Waals surface area contributed by atoms with Crippen LogP contribution in [0.25, 0.3) is 72.0 Å². The van der Waals surface area contributed by atoms with Crippen LogP contribution in [0.3, 0.4) is 0 Å². The summed E-state index contributed by atoms with van der Waals surface area (Å²) in [7, 11) is 0. The molecule has 2 heterocycles. The Morgan fingerprint density at radius 3 is 2.00 bits per heavy atom. The average Bonchev–Trinajstić information content (AvgIpc) is 3.70. The number of anilines is 2. The van der Waals surface area contributed by atoms with Crippen molar-refractivity contribution in [1.29, 1.82) is 0 Å². The standard InChI is InChI=1S/C47H33NO2/c1-3-36(30-44-31(2)49-45-20-8-7-18-42(44)45)48(38-15-10-14-35(28-38)40-19-11-13-33-12-4-5-16-39(33)40)37-25-22-32(23-26-37)34-24-27-43-41-17-6-9-21-46(41)50-47(43)29-34/h3-30H,1H2,2H3/b36-30+. The zero-order valence-electron chi connectivity index (χ0n) is 27.6. The van der Waals surface area contributed by atoms with Crippen LogP contribution in [0, 0.1) is 6.92 Å². The first kappa shape index (κ1) is 29.6. The molecule has 0 fully saturated rings. The quantitative estimate of drug-likeness (QED) is 0.162. The van der Waals surface area contributed by atoms with E-state index in [4.69, 9.17) is 8.83 Å². The fraction of sp³-hybridized carbons (Fsp3) is 0.0213. The van der Waals surface area contributed by atoms with Crippen molar-refractivity contribution in [3.05, 3.63) is 187 Å². The summed E-state index contributed by atoms with van der Waals surface area (Å²) in [5.74, 6) is 0.867. The van der Waals surface area contributed by atoms with E-state index in [1.165, 1.54) is 16.3 Å². The molecule has 0 radical (unpaired) electrons. The predicted molar refractivity (Wildman–Crippen MR) is 210 cm³/mol. The van der Waals surface area contributed by atoms with Crippen LogP contribution in [0.4, 0.5) is 11.4 Å². The maximum absolute atomic E-state index is 6.21. The van der Waals surface area contributed by atoms with Crippen LogP contribution in [-0.4, -0.2) is 0 Å². The van der Waals surface area contributed by atoms with Crippen LogP contribution in [0.1, 0.15) is 11.3 Å². The highest BCUT2D eigenvalue weighted by molar-refractivity contribution is 6.06. The van der Waals surface area contributed by atoms with Gasteiger partial charge in [-0.25, -0.2) is 0 Å². The van der Waals surface area contributed by atoms with E-state index >= 15 is 0 Å². The summed E-state index contributed by atoms with van der Waals surface area (Å²) in [6.07, 6.45) is 4.11. The normalized spacial score (nSPS) is 11.9. The molecule has 3 heteroatoms. The largest absolute Gasteiger partial charge is 0.461 e. The van der Waals surface area contributed by atoms with E-state index in [9.17, 15) is 0 Å². The van der Waals surface area contributed by atoms with Gasteiger partial charge < -0.3 is 13.7 Å². The van der Waals surface area contributed by atoms with Crippen molar-refractivity contribution in [2.75, 3.05) is 4.90 Å². The van der Waals surface area contributed by atoms with Gasteiger partial charge >= 0.3 is 0 Å². The number of hydrogen-bond donors (Lipinski definition) is 0. The first-order valence-corrected chi connectivity index (χ1v) is 16.9. The lowest BCUT2D eigenvalue weighted by Gasteiger charge is -2.27. The van der Waals surface area contributed by atoms with Gasteiger partial charge in [-0.3, -0.25) is 0 Å². The van der Waals surface area contributed by atoms with Crippen molar-refractivity contribution >= 4 is 61.1 Å². The number of hydrogen-bond acceptors (Lipinski definition) is 3. The first-order valence-electron chi connectivity index (χ1n) is 16.9. The van der Waals surface area contributed by atoms with Crippen LogP contribution in [0.15, 0.2) is 185 Å². The smallest absolute Gasteiger partial charge is 0.136 e. The highest BCUT2D eigenvalue weighted by atomic mass is 16.3. The van der Waals surface area contributed by atoms with Gasteiger partial charge in [-0.2, -0.15) is 0 Å². The predicted octanol–water partition coefficient (Wildman–Crippen LogP) is 13.5. The van der Waals surface area contributed by atoms with E-state index in [1.54, 1.807) is 0 Å². The van der Waals surface area contributed by atoms with Gasteiger partial charge in [0.2, 0.25) is 0 Å². The molecule has 0 bridgehead atoms. The first-order chi connectivity index (χ1) is 24.6. The van der Waals surface area contributed by atoms with Crippen LogP contribution in [0.2, 0.25) is 0 Å². The third-order valence-electron chi connectivity index (χ3n) is 9.62. The van der Waals surface area contributed by atoms with Crippen molar-refractivity contribution in [1.82, 2.24) is 0 Å². The monoisotopic (exact) mass is 643 g/mol. The summed E-state index contributed by atoms with van der Waals surface area (Å²) in [6.45, 7) is 6.33. The maximum atomic E-state index is 6.21. The molecule has 7 aromatic carbocycles. The second-order valence-corrected chi connectivity index (χ2v) is 12.6. The molecule has 0 unspecified atom stereocenters. The number of fused-ring (bicyclic) bond motifs is 5. The third kappa shape index (κ3) is 5.08. The minimum atomic E-state index is 0.867. The molecule has 0 spiro atoms. The number of aryl methyl sites for hydroxylation is 1. The second-order valence-electron chi connectivity index (χ2n) is 12.6. The summed E-state index contributed by atoms with van der Waals surface area (Å²) in [5.41, 5.74) is 11.3. The molecule has 0 atom stereocenters. The van der Waals surface area contributed by atoms with Crippen molar-refractivity contribution in [2.24, 2.45) is 0 Å². The lowest BCUT2D eigenvalue weighted by atomic mass is 9.97. The van der Waals surface area contributed by atoms with Gasteiger partial charge in [0.15, 0.2) is 0 Å². The van der Waals surface area contributed by atoms with Gasteiger partial charge in [0, 0.05) is 38.8 Å². The van der Waals surface area contributed by atoms with Crippen molar-refractivity contribution in [3.63, 3.8) is 0 Å². The zero-order valence-corrected chi connectivity index (χ0v) is 27.6. The van der Waals surface area contributed by atoms with Gasteiger partial charge in [-0.05, 0) is 101 Å². The summed E-state index contributed by atoms with van der Waals surface area (Å²) in [5, 5.41) is 5.78. The van der Waals surface area contributed by atoms with E-state index in [1.807, 2.05) is 37.3 Å². The van der Waals surface area contributed by atoms with E-state index in [2.05, 4.69) is 151 Å². The lowest BCUT2D eigenvalue weighted by Crippen LogP contribution is -2.15. The summed E-state index contributed by atoms with van der Waals surface area (Å²) in [6, 6.07) is 55.4. The van der Waals surface area contributed by atoms with E-state index < -0.39 is 0 Å². The third-order valence-corrected chi connectivity index (χ3v) is 9.62. The minimum Gasteiger partial charge on any atom is -0.461 e. The molecular weight excluding hydrogens is 611 g/mol. The van der Waals surface area contributed by atoms with Crippen LogP contribution in [-0.2, 0) is 0 Å². The average molecular weight is 644 g/mol. The number of allylic oxidation sites excluding steroid dienone is 1. The Bertz CT molecular complexity index is 2740. The summed E-state index contributed by atoms with van der Waals surface area (Å²) in [4.78, 5) is 2.27. The molecule has 2 aromatic heterocycles. The Labute approximate surface area is 290 Å². The van der Waals surface area contributed by atoms with Gasteiger partial charge in [0.05, 0.1) is 0 Å². The van der Waals surface area contributed by atoms with Crippen molar-refractivity contribution in [3.8, 4) is 22.3 Å². The van der Waals surface area contributed by atoms with E-state index in [-0.39, 0.29) is 0 Å². The Morgan fingerprint density at radius 2 is 1.18 bits per heavy atom. The highest BCUT2D eigenvalue weighted by Gasteiger charge is 2.18. The topological polar surface area (TPSA) is 29.5 Å². The fourth-order valence-corrected chi connectivity index (χ4v) is 7.18. The Balaban J connectivity index is 1.18. The molecule has 9 rings (SSSR count). The van der Waals surface area contributed by atoms with Crippen LogP contribution < -0.4 is 4.90 Å². The molecule has 0 N–H and O–H groups in total. The van der Waals surface area contributed by atoms with Gasteiger partial charge in [-0.15, -0.1) is 0 Å². The molecule has 50 heavy (non-hydrogen) atoms. The number of rotatable bonds is 7. The Hall–Kier alpha value is -6.58. The molecule has 0 aliphatic rings.